The van der Waals surface area contributed by atoms with Gasteiger partial charge >= 0.3 is 5.97 Å². The number of carboxylic acid groups (broad SMARTS) is 1. The Morgan fingerprint density at radius 2 is 2.12 bits per heavy atom. The quantitative estimate of drug-likeness (QED) is 0.658. The molecule has 0 bridgehead atoms. The first kappa shape index (κ1) is 13.4. The second-order valence-electron chi connectivity index (χ2n) is 3.00. The highest BCUT2D eigenvalue weighted by atomic mass is 32.2. The number of sulfonamides is 1. The topological polar surface area (TPSA) is 113 Å². The number of nitrogens with one attached hydrogen (secondary N) is 1. The Kier molecular flexibility index (Phi) is 4.05. The molecule has 0 aliphatic rings. The third-order valence-corrected chi connectivity index (χ3v) is 3.03. The maximum Gasteiger partial charge on any atom is 0.339 e. The normalized spacial score (nSPS) is 11.4. The molecule has 0 amide bonds. The van der Waals surface area contributed by atoms with Crippen LogP contribution in [0.2, 0.25) is 0 Å². The Morgan fingerprint density at radius 1 is 1.47 bits per heavy atom. The number of carbonyl (C=O) groups is 1. The first-order valence-electron chi connectivity index (χ1n) is 4.58. The highest BCUT2D eigenvalue weighted by molar-refractivity contribution is 7.89. The fourth-order valence-electron chi connectivity index (χ4n) is 1.04. The molecule has 0 saturated carbocycles. The van der Waals surface area contributed by atoms with Gasteiger partial charge in [0.05, 0.1) is 11.5 Å². The Hall–Kier alpha value is -1.64. The van der Waals surface area contributed by atoms with Crippen molar-refractivity contribution in [2.45, 2.75) is 11.8 Å². The van der Waals surface area contributed by atoms with Crippen LogP contribution in [0.5, 0.6) is 5.75 Å². The SMILES string of the molecule is CCONS(=O)(=O)c1ccc(O)c(C(=O)O)c1. The number of rotatable bonds is 5. The van der Waals surface area contributed by atoms with E-state index in [2.05, 4.69) is 4.84 Å². The molecule has 8 heteroatoms. The number of aromatic hydroxyl groups is 1. The van der Waals surface area contributed by atoms with Crippen molar-refractivity contribution in [1.29, 1.82) is 0 Å². The summed E-state index contributed by atoms with van der Waals surface area (Å²) in [6.07, 6.45) is 0. The first-order chi connectivity index (χ1) is 7.88. The molecule has 0 spiro atoms. The van der Waals surface area contributed by atoms with E-state index in [0.717, 1.165) is 18.2 Å². The zero-order valence-corrected chi connectivity index (χ0v) is 9.69. The third kappa shape index (κ3) is 3.16. The average molecular weight is 261 g/mol. The summed E-state index contributed by atoms with van der Waals surface area (Å²) in [5.74, 6) is -1.93. The molecule has 0 unspecified atom stereocenters. The lowest BCUT2D eigenvalue weighted by Gasteiger charge is -2.07. The zero-order valence-electron chi connectivity index (χ0n) is 8.87. The van der Waals surface area contributed by atoms with E-state index in [4.69, 9.17) is 5.11 Å². The predicted molar refractivity (Wildman–Crippen MR) is 57.0 cm³/mol. The minimum Gasteiger partial charge on any atom is -0.507 e. The molecule has 94 valence electrons. The van der Waals surface area contributed by atoms with Crippen LogP contribution in [0.25, 0.3) is 0 Å². The second-order valence-corrected chi connectivity index (χ2v) is 4.65. The molecule has 0 aromatic heterocycles. The number of benzene rings is 1. The fourth-order valence-corrected chi connectivity index (χ4v) is 1.93. The number of aromatic carboxylic acids is 1. The van der Waals surface area contributed by atoms with E-state index in [9.17, 15) is 18.3 Å². The molecule has 1 aromatic carbocycles. The standard InChI is InChI=1S/C9H11NO6S/c1-2-16-10-17(14,15)6-3-4-8(11)7(5-6)9(12)13/h3-5,10-11H,2H2,1H3,(H,12,13). The minimum atomic E-state index is -3.94. The van der Waals surface area contributed by atoms with Gasteiger partial charge < -0.3 is 10.2 Å². The summed E-state index contributed by atoms with van der Waals surface area (Å²) in [4.78, 5) is 16.7. The fraction of sp³-hybridized carbons (Fsp3) is 0.222. The molecule has 3 N–H and O–H groups in total. The molecule has 0 aliphatic heterocycles. The molecule has 7 nitrogen and oxygen atoms in total. The van der Waals surface area contributed by atoms with Crippen molar-refractivity contribution >= 4 is 16.0 Å². The summed E-state index contributed by atoms with van der Waals surface area (Å²) in [5, 5.41) is 17.9. The zero-order chi connectivity index (χ0) is 13.1. The highest BCUT2D eigenvalue weighted by Crippen LogP contribution is 2.21. The lowest BCUT2D eigenvalue weighted by molar-refractivity contribution is 0.0693. The molecular weight excluding hydrogens is 250 g/mol. The number of hydrogen-bond donors (Lipinski definition) is 3. The van der Waals surface area contributed by atoms with Gasteiger partial charge in [-0.15, -0.1) is 0 Å². The molecule has 1 aromatic rings. The van der Waals surface area contributed by atoms with Crippen LogP contribution in [-0.4, -0.2) is 31.2 Å². The lowest BCUT2D eigenvalue weighted by Crippen LogP contribution is -2.24. The molecular formula is C9H11NO6S. The van der Waals surface area contributed by atoms with Crippen LogP contribution in [-0.2, 0) is 14.9 Å². The Balaban J connectivity index is 3.16. The van der Waals surface area contributed by atoms with Crippen molar-refractivity contribution in [3.8, 4) is 5.75 Å². The van der Waals surface area contributed by atoms with Crippen LogP contribution < -0.4 is 4.89 Å². The van der Waals surface area contributed by atoms with Gasteiger partial charge in [-0.25, -0.2) is 13.2 Å². The number of hydrogen-bond acceptors (Lipinski definition) is 5. The Bertz CT molecular complexity index is 524. The lowest BCUT2D eigenvalue weighted by atomic mass is 10.2. The van der Waals surface area contributed by atoms with Crippen molar-refractivity contribution in [1.82, 2.24) is 4.89 Å². The van der Waals surface area contributed by atoms with Crippen molar-refractivity contribution < 1.29 is 28.3 Å². The molecule has 0 radical (unpaired) electrons. The minimum absolute atomic E-state index is 0.128. The maximum atomic E-state index is 11.6. The van der Waals surface area contributed by atoms with Crippen molar-refractivity contribution in [3.05, 3.63) is 23.8 Å². The third-order valence-electron chi connectivity index (χ3n) is 1.82. The maximum absolute atomic E-state index is 11.6. The van der Waals surface area contributed by atoms with E-state index in [-0.39, 0.29) is 11.5 Å². The largest absolute Gasteiger partial charge is 0.507 e. The van der Waals surface area contributed by atoms with Gasteiger partial charge in [0.2, 0.25) is 0 Å². The monoisotopic (exact) mass is 261 g/mol. The van der Waals surface area contributed by atoms with E-state index in [1.807, 2.05) is 4.89 Å². The Labute approximate surface area is 97.7 Å². The van der Waals surface area contributed by atoms with Crippen LogP contribution in [0.4, 0.5) is 0 Å². The van der Waals surface area contributed by atoms with Gasteiger partial charge in [-0.05, 0) is 25.1 Å². The van der Waals surface area contributed by atoms with Crippen molar-refractivity contribution in [2.24, 2.45) is 0 Å². The molecule has 0 aliphatic carbocycles. The summed E-state index contributed by atoms with van der Waals surface area (Å²) in [6, 6.07) is 2.91. The van der Waals surface area contributed by atoms with Crippen LogP contribution >= 0.6 is 0 Å². The van der Waals surface area contributed by atoms with Gasteiger partial charge in [-0.2, -0.15) is 0 Å². The van der Waals surface area contributed by atoms with Crippen molar-refractivity contribution in [2.75, 3.05) is 6.61 Å². The Morgan fingerprint density at radius 3 is 2.65 bits per heavy atom. The summed E-state index contributed by atoms with van der Waals surface area (Å²) in [5.41, 5.74) is -0.496. The number of carboxylic acids is 1. The molecule has 17 heavy (non-hydrogen) atoms. The molecule has 1 rings (SSSR count). The van der Waals surface area contributed by atoms with Crippen LogP contribution in [0.3, 0.4) is 0 Å². The van der Waals surface area contributed by atoms with E-state index in [1.165, 1.54) is 0 Å². The summed E-state index contributed by atoms with van der Waals surface area (Å²) in [7, 11) is -3.94. The molecule has 0 saturated heterocycles. The average Bonchev–Trinajstić information content (AvgIpc) is 2.26. The van der Waals surface area contributed by atoms with Crippen LogP contribution in [0, 0.1) is 0 Å². The van der Waals surface area contributed by atoms with E-state index < -0.39 is 27.3 Å². The van der Waals surface area contributed by atoms with Gasteiger partial charge in [-0.1, -0.05) is 4.89 Å². The van der Waals surface area contributed by atoms with E-state index in [0.29, 0.717) is 0 Å². The molecule has 0 atom stereocenters. The van der Waals surface area contributed by atoms with Gasteiger partial charge in [0.25, 0.3) is 10.0 Å². The summed E-state index contributed by atoms with van der Waals surface area (Å²) < 4.78 is 23.1. The molecule has 0 fully saturated rings. The van der Waals surface area contributed by atoms with E-state index >= 15 is 0 Å². The van der Waals surface area contributed by atoms with Crippen LogP contribution in [0.15, 0.2) is 23.1 Å². The first-order valence-corrected chi connectivity index (χ1v) is 6.06. The highest BCUT2D eigenvalue weighted by Gasteiger charge is 2.18. The van der Waals surface area contributed by atoms with Crippen molar-refractivity contribution in [3.63, 3.8) is 0 Å². The predicted octanol–water partition coefficient (Wildman–Crippen LogP) is 0.320. The van der Waals surface area contributed by atoms with E-state index in [1.54, 1.807) is 6.92 Å². The van der Waals surface area contributed by atoms with Gasteiger partial charge in [0.15, 0.2) is 0 Å². The second kappa shape index (κ2) is 5.13. The smallest absolute Gasteiger partial charge is 0.339 e. The van der Waals surface area contributed by atoms with Crippen LogP contribution in [0.1, 0.15) is 17.3 Å². The summed E-state index contributed by atoms with van der Waals surface area (Å²) >= 11 is 0. The number of phenols is 1. The summed E-state index contributed by atoms with van der Waals surface area (Å²) in [6.45, 7) is 1.71. The molecule has 0 heterocycles. The van der Waals surface area contributed by atoms with Gasteiger partial charge in [-0.3, -0.25) is 4.84 Å². The van der Waals surface area contributed by atoms with Gasteiger partial charge in [0, 0.05) is 0 Å². The van der Waals surface area contributed by atoms with Gasteiger partial charge in [0.1, 0.15) is 11.3 Å².